The monoisotopic (exact) mass is 470 g/mol. The van der Waals surface area contributed by atoms with Crippen LogP contribution >= 0.6 is 11.6 Å². The molecule has 1 aliphatic rings. The lowest BCUT2D eigenvalue weighted by atomic mass is 9.63. The average molecular weight is 471 g/mol. The van der Waals surface area contributed by atoms with Crippen molar-refractivity contribution in [1.82, 2.24) is 4.90 Å². The first kappa shape index (κ1) is 24.5. The maximum Gasteiger partial charge on any atom is 0.0850 e. The summed E-state index contributed by atoms with van der Waals surface area (Å²) >= 11 is 6.20. The van der Waals surface area contributed by atoms with E-state index in [1.54, 1.807) is 0 Å². The largest absolute Gasteiger partial charge is 0.295 e. The molecule has 2 nitrogen and oxygen atoms in total. The van der Waals surface area contributed by atoms with Crippen molar-refractivity contribution in [2.45, 2.75) is 63.5 Å². The van der Waals surface area contributed by atoms with E-state index < -0.39 is 5.41 Å². The zero-order chi connectivity index (χ0) is 23.6. The molecule has 0 bridgehead atoms. The van der Waals surface area contributed by atoms with Crippen LogP contribution in [0.4, 0.5) is 0 Å². The van der Waals surface area contributed by atoms with Crippen molar-refractivity contribution < 1.29 is 0 Å². The van der Waals surface area contributed by atoms with Crippen LogP contribution in [0.15, 0.2) is 84.9 Å². The second-order valence-corrected chi connectivity index (χ2v) is 10.1. The molecular weight excluding hydrogens is 436 g/mol. The molecule has 0 heterocycles. The number of rotatable bonds is 10. The van der Waals surface area contributed by atoms with Gasteiger partial charge in [-0.15, -0.1) is 0 Å². The van der Waals surface area contributed by atoms with Crippen LogP contribution < -0.4 is 0 Å². The fraction of sp³-hybridized carbons (Fsp3) is 0.387. The van der Waals surface area contributed by atoms with E-state index >= 15 is 0 Å². The summed E-state index contributed by atoms with van der Waals surface area (Å²) in [5, 5.41) is 11.3. The zero-order valence-corrected chi connectivity index (χ0v) is 20.8. The summed E-state index contributed by atoms with van der Waals surface area (Å²) in [7, 11) is 0. The molecule has 3 aromatic carbocycles. The van der Waals surface area contributed by atoms with Crippen molar-refractivity contribution in [2.75, 3.05) is 6.54 Å². The SMILES string of the molecule is N#CC(CCCN(Cc1ccccc1)Cc1ccccc1)(c1ccc(Cl)cc1)C1CCCCC1. The predicted molar refractivity (Wildman–Crippen MR) is 142 cm³/mol. The lowest BCUT2D eigenvalue weighted by molar-refractivity contribution is 0.208. The first-order valence-corrected chi connectivity index (χ1v) is 13.0. The fourth-order valence-electron chi connectivity index (χ4n) is 5.62. The Morgan fingerprint density at radius 1 is 0.794 bits per heavy atom. The number of halogens is 1. The molecule has 1 atom stereocenters. The molecule has 0 saturated heterocycles. The van der Waals surface area contributed by atoms with Gasteiger partial charge in [-0.1, -0.05) is 104 Å². The summed E-state index contributed by atoms with van der Waals surface area (Å²) in [6.07, 6.45) is 7.93. The third-order valence-electron chi connectivity index (χ3n) is 7.40. The van der Waals surface area contributed by atoms with Crippen LogP contribution in [0.3, 0.4) is 0 Å². The number of benzene rings is 3. The second-order valence-electron chi connectivity index (χ2n) is 9.71. The molecule has 0 N–H and O–H groups in total. The average Bonchev–Trinajstić information content (AvgIpc) is 2.89. The molecule has 34 heavy (non-hydrogen) atoms. The van der Waals surface area contributed by atoms with E-state index in [2.05, 4.69) is 83.8 Å². The van der Waals surface area contributed by atoms with E-state index in [0.717, 1.165) is 55.9 Å². The van der Waals surface area contributed by atoms with E-state index in [4.69, 9.17) is 11.6 Å². The van der Waals surface area contributed by atoms with Crippen molar-refractivity contribution in [1.29, 1.82) is 5.26 Å². The second kappa shape index (κ2) is 12.2. The van der Waals surface area contributed by atoms with Gasteiger partial charge in [0, 0.05) is 18.1 Å². The van der Waals surface area contributed by atoms with Gasteiger partial charge in [0.1, 0.15) is 0 Å². The first-order valence-electron chi connectivity index (χ1n) is 12.7. The molecular formula is C31H35ClN2. The highest BCUT2D eigenvalue weighted by atomic mass is 35.5. The van der Waals surface area contributed by atoms with Crippen LogP contribution in [0.25, 0.3) is 0 Å². The molecule has 0 spiro atoms. The van der Waals surface area contributed by atoms with E-state index in [0.29, 0.717) is 5.92 Å². The van der Waals surface area contributed by atoms with Crippen LogP contribution in [0.1, 0.15) is 61.6 Å². The maximum atomic E-state index is 10.6. The first-order chi connectivity index (χ1) is 16.7. The predicted octanol–water partition coefficient (Wildman–Crippen LogP) is 8.16. The Labute approximate surface area is 210 Å². The minimum absolute atomic E-state index is 0.420. The van der Waals surface area contributed by atoms with Crippen molar-refractivity contribution in [2.24, 2.45) is 5.92 Å². The summed E-state index contributed by atoms with van der Waals surface area (Å²) in [6.45, 7) is 2.80. The summed E-state index contributed by atoms with van der Waals surface area (Å²) < 4.78 is 0. The van der Waals surface area contributed by atoms with Gasteiger partial charge in [-0.25, -0.2) is 0 Å². The third kappa shape index (κ3) is 6.29. The molecule has 4 rings (SSSR count). The zero-order valence-electron chi connectivity index (χ0n) is 20.0. The van der Waals surface area contributed by atoms with Gasteiger partial charge in [0.25, 0.3) is 0 Å². The fourth-order valence-corrected chi connectivity index (χ4v) is 5.74. The van der Waals surface area contributed by atoms with Crippen LogP contribution in [-0.2, 0) is 18.5 Å². The summed E-state index contributed by atoms with van der Waals surface area (Å²) in [5.41, 5.74) is 3.37. The van der Waals surface area contributed by atoms with Gasteiger partial charge in [0.15, 0.2) is 0 Å². The Morgan fingerprint density at radius 2 is 1.35 bits per heavy atom. The smallest absolute Gasteiger partial charge is 0.0850 e. The molecule has 0 aromatic heterocycles. The third-order valence-corrected chi connectivity index (χ3v) is 7.66. The lowest BCUT2D eigenvalue weighted by Gasteiger charge is -2.38. The number of hydrogen-bond donors (Lipinski definition) is 0. The lowest BCUT2D eigenvalue weighted by Crippen LogP contribution is -2.36. The molecule has 1 aliphatic carbocycles. The van der Waals surface area contributed by atoms with Gasteiger partial charge in [0.2, 0.25) is 0 Å². The number of nitriles is 1. The van der Waals surface area contributed by atoms with Crippen LogP contribution in [0.5, 0.6) is 0 Å². The topological polar surface area (TPSA) is 27.0 Å². The molecule has 3 aromatic rings. The highest BCUT2D eigenvalue weighted by molar-refractivity contribution is 6.30. The molecule has 176 valence electrons. The van der Waals surface area contributed by atoms with E-state index in [9.17, 15) is 5.26 Å². The maximum absolute atomic E-state index is 10.6. The Bertz CT molecular complexity index is 995. The van der Waals surface area contributed by atoms with Crippen molar-refractivity contribution in [3.8, 4) is 6.07 Å². The molecule has 1 fully saturated rings. The van der Waals surface area contributed by atoms with Gasteiger partial charge >= 0.3 is 0 Å². The van der Waals surface area contributed by atoms with Crippen molar-refractivity contribution in [3.05, 3.63) is 107 Å². The van der Waals surface area contributed by atoms with Crippen LogP contribution in [0, 0.1) is 17.2 Å². The van der Waals surface area contributed by atoms with Crippen LogP contribution in [0.2, 0.25) is 5.02 Å². The number of nitrogens with zero attached hydrogens (tertiary/aromatic N) is 2. The van der Waals surface area contributed by atoms with Gasteiger partial charge < -0.3 is 0 Å². The highest BCUT2D eigenvalue weighted by Crippen LogP contribution is 2.44. The van der Waals surface area contributed by atoms with E-state index in [1.165, 1.54) is 30.4 Å². The Balaban J connectivity index is 1.52. The number of hydrogen-bond acceptors (Lipinski definition) is 2. The van der Waals surface area contributed by atoms with E-state index in [1.807, 2.05) is 12.1 Å². The molecule has 0 aliphatic heterocycles. The highest BCUT2D eigenvalue weighted by Gasteiger charge is 2.40. The Hall–Kier alpha value is -2.60. The summed E-state index contributed by atoms with van der Waals surface area (Å²) in [5.74, 6) is 0.420. The van der Waals surface area contributed by atoms with Gasteiger partial charge in [-0.3, -0.25) is 4.90 Å². The van der Waals surface area contributed by atoms with Gasteiger partial charge in [0.05, 0.1) is 11.5 Å². The summed E-state index contributed by atoms with van der Waals surface area (Å²) in [4.78, 5) is 2.52. The van der Waals surface area contributed by atoms with Crippen molar-refractivity contribution in [3.63, 3.8) is 0 Å². The normalized spacial score (nSPS) is 16.1. The molecule has 1 saturated carbocycles. The molecule has 3 heteroatoms. The minimum atomic E-state index is -0.434. The van der Waals surface area contributed by atoms with E-state index in [-0.39, 0.29) is 0 Å². The standard InChI is InChI=1S/C31H35ClN2/c32-30-19-17-29(18-20-30)31(25-33,28-15-8-3-9-16-28)21-10-22-34(23-26-11-4-1-5-12-26)24-27-13-6-2-7-14-27/h1-2,4-7,11-14,17-20,28H,3,8-10,15-16,21-24H2. The Kier molecular flexibility index (Phi) is 8.80. The van der Waals surface area contributed by atoms with Gasteiger partial charge in [-0.05, 0) is 67.0 Å². The quantitative estimate of drug-likeness (QED) is 0.298. The van der Waals surface area contributed by atoms with Crippen LogP contribution in [-0.4, -0.2) is 11.4 Å². The van der Waals surface area contributed by atoms with Gasteiger partial charge in [-0.2, -0.15) is 5.26 Å². The Morgan fingerprint density at radius 3 is 1.88 bits per heavy atom. The molecule has 1 unspecified atom stereocenters. The molecule has 0 radical (unpaired) electrons. The minimum Gasteiger partial charge on any atom is -0.295 e. The molecule has 0 amide bonds. The summed E-state index contributed by atoms with van der Waals surface area (Å²) in [6, 6.07) is 32.3. The van der Waals surface area contributed by atoms with Crippen molar-refractivity contribution >= 4 is 11.6 Å².